The number of imidazole rings is 1. The van der Waals surface area contributed by atoms with Crippen LogP contribution in [0.5, 0.6) is 11.5 Å². The van der Waals surface area contributed by atoms with Gasteiger partial charge < -0.3 is 19.1 Å². The van der Waals surface area contributed by atoms with Crippen LogP contribution < -0.4 is 9.47 Å². The number of aliphatic hydroxyl groups excluding tert-OH is 1. The number of fused-ring (bicyclic) bond motifs is 1. The van der Waals surface area contributed by atoms with Gasteiger partial charge in [-0.1, -0.05) is 24.1 Å². The molecule has 13 heteroatoms. The Morgan fingerprint density at radius 3 is 2.74 bits per heavy atom. The van der Waals surface area contributed by atoms with E-state index < -0.39 is 23.9 Å². The smallest absolute Gasteiger partial charge is 0.280 e. The number of rotatable bonds is 6. The van der Waals surface area contributed by atoms with Crippen LogP contribution in [-0.2, 0) is 0 Å². The highest BCUT2D eigenvalue weighted by atomic mass is 35.5. The Morgan fingerprint density at radius 2 is 1.98 bits per heavy atom. The van der Waals surface area contributed by atoms with Crippen molar-refractivity contribution in [2.24, 2.45) is 4.99 Å². The van der Waals surface area contributed by atoms with E-state index in [1.54, 1.807) is 41.1 Å². The molecule has 6 rings (SSSR count). The quantitative estimate of drug-likeness (QED) is 0.244. The van der Waals surface area contributed by atoms with Gasteiger partial charge in [0.1, 0.15) is 46.8 Å². The van der Waals surface area contributed by atoms with Crippen LogP contribution in [0.4, 0.5) is 4.39 Å². The lowest BCUT2D eigenvalue weighted by molar-refractivity contribution is 0.0995. The number of benzene rings is 2. The highest BCUT2D eigenvalue weighted by Gasteiger charge is 2.34. The van der Waals surface area contributed by atoms with Gasteiger partial charge in [-0.15, -0.1) is 0 Å². The molecule has 2 aromatic carbocycles. The highest BCUT2D eigenvalue weighted by molar-refractivity contribution is 6.31. The number of aliphatic hydroxyl groups is 1. The van der Waals surface area contributed by atoms with Crippen molar-refractivity contribution in [1.82, 2.24) is 29.7 Å². The first-order valence-electron chi connectivity index (χ1n) is 13.6. The monoisotopic (exact) mass is 603 g/mol. The van der Waals surface area contributed by atoms with Crippen molar-refractivity contribution in [3.63, 3.8) is 0 Å². The van der Waals surface area contributed by atoms with Crippen molar-refractivity contribution in [1.29, 1.82) is 0 Å². The highest BCUT2D eigenvalue weighted by Crippen LogP contribution is 2.40. The number of pyridine rings is 1. The zero-order valence-corrected chi connectivity index (χ0v) is 24.0. The van der Waals surface area contributed by atoms with Crippen molar-refractivity contribution in [3.05, 3.63) is 71.4 Å². The number of nitrogens with one attached hydrogen (secondary N) is 1. The van der Waals surface area contributed by atoms with Gasteiger partial charge in [-0.3, -0.25) is 14.9 Å². The summed E-state index contributed by atoms with van der Waals surface area (Å²) in [4.78, 5) is 31.2. The minimum absolute atomic E-state index is 0.136. The fraction of sp³-hybridized carbons (Fsp3) is 0.267. The lowest BCUT2D eigenvalue weighted by Crippen LogP contribution is -2.31. The van der Waals surface area contributed by atoms with Gasteiger partial charge in [-0.25, -0.2) is 19.4 Å². The Bertz CT molecular complexity index is 1840. The van der Waals surface area contributed by atoms with Crippen LogP contribution in [0.15, 0.2) is 60.0 Å². The van der Waals surface area contributed by atoms with Gasteiger partial charge in [0.05, 0.1) is 48.8 Å². The summed E-state index contributed by atoms with van der Waals surface area (Å²) < 4.78 is 28.1. The molecule has 0 saturated heterocycles. The van der Waals surface area contributed by atoms with E-state index >= 15 is 4.39 Å². The summed E-state index contributed by atoms with van der Waals surface area (Å²) in [7, 11) is 2.91. The first-order valence-corrected chi connectivity index (χ1v) is 14.0. The number of hydrogen-bond donors (Lipinski definition) is 2. The molecule has 2 atom stereocenters. The Morgan fingerprint density at radius 1 is 1.14 bits per heavy atom. The molecule has 1 saturated carbocycles. The summed E-state index contributed by atoms with van der Waals surface area (Å²) in [5, 5.41) is 18.9. The summed E-state index contributed by atoms with van der Waals surface area (Å²) in [5.41, 5.74) is 2.15. The predicted octanol–water partition coefficient (Wildman–Crippen LogP) is 5.45. The number of carbonyl (C=O) groups is 1. The van der Waals surface area contributed by atoms with Gasteiger partial charge >= 0.3 is 0 Å². The summed E-state index contributed by atoms with van der Waals surface area (Å²) >= 11 is 6.15. The van der Waals surface area contributed by atoms with Crippen LogP contribution in [0, 0.1) is 5.82 Å². The molecule has 3 aromatic heterocycles. The molecule has 1 aliphatic carbocycles. The predicted molar refractivity (Wildman–Crippen MR) is 158 cm³/mol. The zero-order chi connectivity index (χ0) is 30.1. The second-order valence-electron chi connectivity index (χ2n) is 10.0. The topological polar surface area (TPSA) is 140 Å². The van der Waals surface area contributed by atoms with Crippen LogP contribution in [0.25, 0.3) is 33.9 Å². The van der Waals surface area contributed by atoms with Gasteiger partial charge in [0.15, 0.2) is 5.82 Å². The molecule has 5 aromatic rings. The van der Waals surface area contributed by atoms with Crippen molar-refractivity contribution < 1.29 is 23.8 Å². The molecule has 11 nitrogen and oxygen atoms in total. The molecule has 0 radical (unpaired) electrons. The van der Waals surface area contributed by atoms with Crippen LogP contribution in [0.1, 0.15) is 42.1 Å². The van der Waals surface area contributed by atoms with Gasteiger partial charge in [0.25, 0.3) is 5.91 Å². The van der Waals surface area contributed by atoms with Crippen molar-refractivity contribution in [2.45, 2.75) is 37.8 Å². The van der Waals surface area contributed by atoms with E-state index in [0.717, 1.165) is 0 Å². The van der Waals surface area contributed by atoms with E-state index in [2.05, 4.69) is 25.2 Å². The van der Waals surface area contributed by atoms with Gasteiger partial charge in [-0.2, -0.15) is 5.10 Å². The molecule has 1 amide bonds. The van der Waals surface area contributed by atoms with Crippen LogP contribution in [0.2, 0.25) is 5.02 Å². The third-order valence-corrected chi connectivity index (χ3v) is 7.74. The molecule has 220 valence electrons. The van der Waals surface area contributed by atoms with Crippen molar-refractivity contribution in [3.8, 4) is 34.4 Å². The molecule has 0 spiro atoms. The van der Waals surface area contributed by atoms with Crippen LogP contribution in [-0.4, -0.2) is 66.8 Å². The second kappa shape index (κ2) is 11.9. The second-order valence-corrected chi connectivity index (χ2v) is 10.5. The molecule has 2 N–H and O–H groups in total. The van der Waals surface area contributed by atoms with E-state index in [4.69, 9.17) is 26.1 Å². The molecule has 3 heterocycles. The number of aromatic nitrogens is 6. The maximum Gasteiger partial charge on any atom is 0.280 e. The Labute approximate surface area is 250 Å². The van der Waals surface area contributed by atoms with E-state index in [1.165, 1.54) is 32.7 Å². The van der Waals surface area contributed by atoms with Crippen molar-refractivity contribution in [2.75, 3.05) is 14.2 Å². The standard InChI is InChI=1S/C30H27ClFN7O4/c1-42-24-11-10-16(31)12-17(24)30(41)37-19-7-3-4-8-22(27(19)40)39-23-13-20(28-34-15-35-38-28)33-14-21(23)36-29(39)26-18(32)6-5-9-25(26)43-2/h5-6,9-15,22,27,40H,3-4,7-8H2,1-2H3,(H,34,35,38)/t22-,27-/m1/s1. The number of carbonyl (C=O) groups excluding carboxylic acids is 1. The number of aliphatic imine (C=N–C) groups is 1. The molecule has 0 aliphatic heterocycles. The minimum Gasteiger partial charge on any atom is -0.496 e. The minimum atomic E-state index is -1.20. The summed E-state index contributed by atoms with van der Waals surface area (Å²) in [6.45, 7) is 0. The maximum absolute atomic E-state index is 15.5. The Hall–Kier alpha value is -4.68. The average molecular weight is 604 g/mol. The Kier molecular flexibility index (Phi) is 7.87. The number of amides is 1. The average Bonchev–Trinajstić information content (AvgIpc) is 3.64. The zero-order valence-electron chi connectivity index (χ0n) is 23.3. The number of ether oxygens (including phenoxy) is 2. The maximum atomic E-state index is 15.5. The molecular formula is C30H27ClFN7O4. The summed E-state index contributed by atoms with van der Waals surface area (Å²) in [5.74, 6) is 0.150. The third kappa shape index (κ3) is 5.35. The lowest BCUT2D eigenvalue weighted by Gasteiger charge is -2.26. The number of H-pyrrole nitrogens is 1. The lowest BCUT2D eigenvalue weighted by atomic mass is 10.0. The van der Waals surface area contributed by atoms with Crippen molar-refractivity contribution >= 4 is 34.3 Å². The van der Waals surface area contributed by atoms with E-state index in [1.807, 2.05) is 0 Å². The molecule has 0 unspecified atom stereocenters. The fourth-order valence-corrected chi connectivity index (χ4v) is 5.65. The number of hydrogen-bond acceptors (Lipinski definition) is 8. The van der Waals surface area contributed by atoms with E-state index in [-0.39, 0.29) is 22.7 Å². The molecule has 0 bridgehead atoms. The normalized spacial score (nSPS) is 18.1. The number of aromatic amines is 1. The molecular weight excluding hydrogens is 577 g/mol. The van der Waals surface area contributed by atoms with E-state index in [9.17, 15) is 9.90 Å². The van der Waals surface area contributed by atoms with E-state index in [0.29, 0.717) is 64.7 Å². The largest absolute Gasteiger partial charge is 0.496 e. The summed E-state index contributed by atoms with van der Waals surface area (Å²) in [6, 6.07) is 10.3. The Balaban J connectivity index is 1.52. The van der Waals surface area contributed by atoms with Crippen LogP contribution in [0.3, 0.4) is 0 Å². The van der Waals surface area contributed by atoms with Gasteiger partial charge in [0.2, 0.25) is 0 Å². The fourth-order valence-electron chi connectivity index (χ4n) is 5.48. The first kappa shape index (κ1) is 28.4. The number of halogens is 2. The van der Waals surface area contributed by atoms with Crippen LogP contribution >= 0.6 is 11.6 Å². The SMILES string of the molecule is COc1ccc(Cl)cc1C(=O)N=C1CCCC[C@@H](n2c(-c3c(F)cccc3OC)nc3cnc(-c4ncn[nH]4)cc32)[C@@H]1O. The van der Waals surface area contributed by atoms with Gasteiger partial charge in [-0.05, 0) is 55.7 Å². The molecule has 1 fully saturated rings. The molecule has 43 heavy (non-hydrogen) atoms. The molecule has 1 aliphatic rings. The number of nitrogens with zero attached hydrogens (tertiary/aromatic N) is 6. The third-order valence-electron chi connectivity index (χ3n) is 7.51. The number of methoxy groups -OCH3 is 2. The first-order chi connectivity index (χ1) is 20.9. The van der Waals surface area contributed by atoms with Gasteiger partial charge in [0, 0.05) is 5.02 Å². The summed E-state index contributed by atoms with van der Waals surface area (Å²) in [6.07, 6.45) is 4.02.